The van der Waals surface area contributed by atoms with Gasteiger partial charge in [-0.1, -0.05) is 12.1 Å². The lowest BCUT2D eigenvalue weighted by Gasteiger charge is -2.10. The van der Waals surface area contributed by atoms with Crippen LogP contribution in [0.4, 0.5) is 0 Å². The second kappa shape index (κ2) is 5.56. The minimum Gasteiger partial charge on any atom is -0.486 e. The molecule has 0 aliphatic heterocycles. The normalized spacial score (nSPS) is 10.9. The third-order valence-electron chi connectivity index (χ3n) is 3.32. The van der Waals surface area contributed by atoms with E-state index in [1.807, 2.05) is 0 Å². The number of ether oxygens (including phenoxy) is 1. The number of carbonyl (C=O) groups is 1. The van der Waals surface area contributed by atoms with Crippen LogP contribution in [0, 0.1) is 13.8 Å². The van der Waals surface area contributed by atoms with Crippen molar-refractivity contribution in [3.63, 3.8) is 0 Å². The monoisotopic (exact) mass is 314 g/mol. The van der Waals surface area contributed by atoms with E-state index in [0.717, 1.165) is 0 Å². The zero-order chi connectivity index (χ0) is 16.6. The molecule has 0 amide bonds. The molecule has 0 aliphatic rings. The predicted molar refractivity (Wildman–Crippen MR) is 80.8 cm³/mol. The summed E-state index contributed by atoms with van der Waals surface area (Å²) in [7, 11) is 0. The van der Waals surface area contributed by atoms with Gasteiger partial charge in [0.15, 0.2) is 0 Å². The number of aromatic nitrogens is 4. The molecule has 2 aromatic heterocycles. The van der Waals surface area contributed by atoms with Gasteiger partial charge in [0.25, 0.3) is 11.3 Å². The molecule has 0 aliphatic carbocycles. The molecule has 8 heteroatoms. The summed E-state index contributed by atoms with van der Waals surface area (Å²) in [5.41, 5.74) is 0.763. The average molecular weight is 314 g/mol. The number of nitrogens with zero attached hydrogens (tertiary/aromatic N) is 3. The third kappa shape index (κ3) is 2.78. The first-order valence-electron chi connectivity index (χ1n) is 6.86. The molecule has 0 bridgehead atoms. The fourth-order valence-corrected chi connectivity index (χ4v) is 2.29. The fourth-order valence-electron chi connectivity index (χ4n) is 2.29. The Morgan fingerprint density at radius 1 is 1.35 bits per heavy atom. The van der Waals surface area contributed by atoms with Gasteiger partial charge in [0, 0.05) is 6.07 Å². The van der Waals surface area contributed by atoms with Crippen LogP contribution in [0.1, 0.15) is 27.4 Å². The minimum absolute atomic E-state index is 0.0264. The molecule has 8 nitrogen and oxygen atoms in total. The second-order valence-electron chi connectivity index (χ2n) is 5.07. The van der Waals surface area contributed by atoms with E-state index < -0.39 is 5.97 Å². The summed E-state index contributed by atoms with van der Waals surface area (Å²) in [5, 5.41) is 12.0. The van der Waals surface area contributed by atoms with Crippen LogP contribution < -0.4 is 10.3 Å². The topological polar surface area (TPSA) is 110 Å². The van der Waals surface area contributed by atoms with Crippen LogP contribution in [0.25, 0.3) is 5.78 Å². The number of aromatic amines is 1. The summed E-state index contributed by atoms with van der Waals surface area (Å²) in [4.78, 5) is 31.6. The maximum absolute atomic E-state index is 12.0. The third-order valence-corrected chi connectivity index (χ3v) is 3.32. The maximum atomic E-state index is 12.0. The molecule has 0 saturated carbocycles. The maximum Gasteiger partial charge on any atom is 0.339 e. The van der Waals surface area contributed by atoms with Crippen molar-refractivity contribution in [3.8, 4) is 5.75 Å². The van der Waals surface area contributed by atoms with Crippen LogP contribution in [0.5, 0.6) is 5.75 Å². The van der Waals surface area contributed by atoms with Gasteiger partial charge in [0.2, 0.25) is 0 Å². The van der Waals surface area contributed by atoms with Crippen LogP contribution in [-0.4, -0.2) is 30.7 Å². The van der Waals surface area contributed by atoms with E-state index in [1.54, 1.807) is 32.0 Å². The Morgan fingerprint density at radius 3 is 2.87 bits per heavy atom. The highest BCUT2D eigenvalue weighted by atomic mass is 16.5. The first-order valence-corrected chi connectivity index (χ1v) is 6.86. The molecule has 2 heterocycles. The number of hydrogen-bond acceptors (Lipinski definition) is 5. The van der Waals surface area contributed by atoms with Crippen LogP contribution >= 0.6 is 0 Å². The van der Waals surface area contributed by atoms with Gasteiger partial charge in [0.1, 0.15) is 23.7 Å². The SMILES string of the molecule is Cc1nc2nc(COc3cccc(C)c3C(=O)O)cc(=O)n2[nH]1. The standard InChI is InChI=1S/C15H14N4O4/c1-8-4-3-5-11(13(8)14(21)22)23-7-10-6-12(20)19-15(17-10)16-9(2)18-19/h3-6H,7H2,1-2H3,(H,21,22)(H,16,17,18). The van der Waals surface area contributed by atoms with Crippen molar-refractivity contribution in [2.24, 2.45) is 0 Å². The first kappa shape index (κ1) is 14.8. The Morgan fingerprint density at radius 2 is 2.13 bits per heavy atom. The fraction of sp³-hybridized carbons (Fsp3) is 0.200. The number of aromatic carboxylic acids is 1. The number of nitrogens with one attached hydrogen (secondary N) is 1. The molecule has 3 rings (SSSR count). The van der Waals surface area contributed by atoms with E-state index in [9.17, 15) is 14.7 Å². The molecule has 0 atom stereocenters. The van der Waals surface area contributed by atoms with Crippen LogP contribution in [0.2, 0.25) is 0 Å². The largest absolute Gasteiger partial charge is 0.486 e. The number of carboxylic acid groups (broad SMARTS) is 1. The summed E-state index contributed by atoms with van der Waals surface area (Å²) in [5.74, 6) is -0.0157. The van der Waals surface area contributed by atoms with Crippen molar-refractivity contribution >= 4 is 11.7 Å². The number of H-pyrrole nitrogens is 1. The first-order chi connectivity index (χ1) is 11.0. The summed E-state index contributed by atoms with van der Waals surface area (Å²) >= 11 is 0. The predicted octanol–water partition coefficient (Wildman–Crippen LogP) is 1.31. The zero-order valence-corrected chi connectivity index (χ0v) is 12.5. The molecule has 1 aromatic carbocycles. The van der Waals surface area contributed by atoms with E-state index in [-0.39, 0.29) is 29.3 Å². The lowest BCUT2D eigenvalue weighted by molar-refractivity contribution is 0.0691. The molecular formula is C15H14N4O4. The minimum atomic E-state index is -1.07. The highest BCUT2D eigenvalue weighted by Crippen LogP contribution is 2.22. The quantitative estimate of drug-likeness (QED) is 0.751. The van der Waals surface area contributed by atoms with E-state index in [0.29, 0.717) is 17.1 Å². The second-order valence-corrected chi connectivity index (χ2v) is 5.07. The summed E-state index contributed by atoms with van der Waals surface area (Å²) in [6.07, 6.45) is 0. The Kier molecular flexibility index (Phi) is 3.57. The number of rotatable bonds is 4. The van der Waals surface area contributed by atoms with Gasteiger partial charge in [-0.25, -0.2) is 9.78 Å². The molecule has 0 saturated heterocycles. The van der Waals surface area contributed by atoms with Crippen LogP contribution in [0.3, 0.4) is 0 Å². The van der Waals surface area contributed by atoms with Gasteiger partial charge in [0.05, 0.1) is 5.69 Å². The summed E-state index contributed by atoms with van der Waals surface area (Å²) < 4.78 is 6.78. The number of fused-ring (bicyclic) bond motifs is 1. The van der Waals surface area contributed by atoms with Gasteiger partial charge in [-0.05, 0) is 25.5 Å². The van der Waals surface area contributed by atoms with Gasteiger partial charge in [-0.3, -0.25) is 9.89 Å². The number of carboxylic acids is 1. The Hall–Kier alpha value is -3.16. The number of benzene rings is 1. The zero-order valence-electron chi connectivity index (χ0n) is 12.5. The lowest BCUT2D eigenvalue weighted by Crippen LogP contribution is -2.17. The Labute approximate surface area is 130 Å². The van der Waals surface area contributed by atoms with Crippen molar-refractivity contribution in [2.75, 3.05) is 0 Å². The van der Waals surface area contributed by atoms with E-state index >= 15 is 0 Å². The number of hydrogen-bond donors (Lipinski definition) is 2. The van der Waals surface area contributed by atoms with Crippen molar-refractivity contribution < 1.29 is 14.6 Å². The van der Waals surface area contributed by atoms with E-state index in [1.165, 1.54) is 10.6 Å². The van der Waals surface area contributed by atoms with Crippen molar-refractivity contribution in [1.82, 2.24) is 19.6 Å². The molecule has 0 fully saturated rings. The molecule has 3 aromatic rings. The average Bonchev–Trinajstić information content (AvgIpc) is 2.85. The van der Waals surface area contributed by atoms with Gasteiger partial charge in [-0.15, -0.1) is 0 Å². The Balaban J connectivity index is 1.91. The smallest absolute Gasteiger partial charge is 0.339 e. The van der Waals surface area contributed by atoms with Crippen molar-refractivity contribution in [1.29, 1.82) is 0 Å². The molecule has 0 radical (unpaired) electrons. The van der Waals surface area contributed by atoms with E-state index in [2.05, 4.69) is 15.1 Å². The number of aryl methyl sites for hydroxylation is 2. The summed E-state index contributed by atoms with van der Waals surface area (Å²) in [6, 6.07) is 6.29. The lowest BCUT2D eigenvalue weighted by atomic mass is 10.1. The molecule has 118 valence electrons. The highest BCUT2D eigenvalue weighted by molar-refractivity contribution is 5.92. The molecule has 0 spiro atoms. The summed E-state index contributed by atoms with van der Waals surface area (Å²) in [6.45, 7) is 3.39. The molecule has 23 heavy (non-hydrogen) atoms. The molecule has 2 N–H and O–H groups in total. The highest BCUT2D eigenvalue weighted by Gasteiger charge is 2.15. The molecular weight excluding hydrogens is 300 g/mol. The molecule has 0 unspecified atom stereocenters. The van der Waals surface area contributed by atoms with Crippen molar-refractivity contribution in [2.45, 2.75) is 20.5 Å². The Bertz CT molecular complexity index is 958. The van der Waals surface area contributed by atoms with Gasteiger partial charge >= 0.3 is 5.97 Å². The van der Waals surface area contributed by atoms with Crippen molar-refractivity contribution in [3.05, 3.63) is 57.3 Å². The van der Waals surface area contributed by atoms with Gasteiger partial charge in [-0.2, -0.15) is 9.50 Å². The van der Waals surface area contributed by atoms with Crippen LogP contribution in [0.15, 0.2) is 29.1 Å². The van der Waals surface area contributed by atoms with E-state index in [4.69, 9.17) is 4.74 Å². The van der Waals surface area contributed by atoms with Gasteiger partial charge < -0.3 is 9.84 Å². The van der Waals surface area contributed by atoms with Crippen LogP contribution in [-0.2, 0) is 6.61 Å².